The third kappa shape index (κ3) is 6.48. The van der Waals surface area contributed by atoms with Crippen LogP contribution in [0.15, 0.2) is 18.2 Å². The predicted octanol–water partition coefficient (Wildman–Crippen LogP) is 5.91. The highest BCUT2D eigenvalue weighted by Crippen LogP contribution is 2.58. The van der Waals surface area contributed by atoms with Crippen molar-refractivity contribution in [2.45, 2.75) is 110 Å². The highest BCUT2D eigenvalue weighted by Gasteiger charge is 2.55. The average Bonchev–Trinajstić information content (AvgIpc) is 3.56. The third-order valence-electron chi connectivity index (χ3n) is 10.7. The fourth-order valence-corrected chi connectivity index (χ4v) is 8.13. The van der Waals surface area contributed by atoms with E-state index in [-0.39, 0.29) is 42.3 Å². The number of ketones is 1. The molecular weight excluding hydrogens is 610 g/mol. The number of hydrogen-bond acceptors (Lipinski definition) is 8. The first-order chi connectivity index (χ1) is 22.3. The Labute approximate surface area is 274 Å². The number of ether oxygens (including phenoxy) is 3. The molecule has 2 amide bonds. The van der Waals surface area contributed by atoms with E-state index in [4.69, 9.17) is 14.2 Å². The van der Waals surface area contributed by atoms with Crippen molar-refractivity contribution >= 4 is 28.8 Å². The molecule has 2 aliphatic carbocycles. The molecule has 1 aromatic heterocycles. The number of nitrogens with zero attached hydrogens (tertiary/aromatic N) is 3. The van der Waals surface area contributed by atoms with Crippen LogP contribution in [0.3, 0.4) is 0 Å². The van der Waals surface area contributed by atoms with Crippen LogP contribution in [0.25, 0.3) is 11.0 Å². The monoisotopic (exact) mass is 656 g/mol. The van der Waals surface area contributed by atoms with E-state index in [1.165, 1.54) is 18.9 Å². The molecule has 1 N–H and O–H groups in total. The van der Waals surface area contributed by atoms with E-state index in [0.717, 1.165) is 12.8 Å². The molecule has 2 aromatic rings. The Kier molecular flexibility index (Phi) is 9.08. The van der Waals surface area contributed by atoms with E-state index >= 15 is 8.78 Å². The fraction of sp³-hybridized carbons (Fsp3) is 0.686. The standard InChI is InChI=1S/C35H46F2N4O6/c1-7-20-27-16-41(30(20)17(2)42)33(43)31(35(3,4)5)40-34(44)47-26-14-18-13-22(18)21(26)9-8-10-23(36)28(37)29-32(46-27)39-25-15-19(45-6)11-12-24(25)38-29/h11-12,15,18,20-23,26-28,30-31H,7-10,13-14,16H2,1-6H3,(H,40,44)/t18?,20?,21-,22?,23?,26-,27+,28?,30-,31-/m1/s1. The quantitative estimate of drug-likeness (QED) is 0.433. The lowest BCUT2D eigenvalue weighted by atomic mass is 9.85. The molecule has 3 heterocycles. The number of Topliss-reactive ketones (excluding diaryl/α,β-unsaturated/α-hetero) is 1. The first kappa shape index (κ1) is 33.3. The zero-order valence-corrected chi connectivity index (χ0v) is 28.0. The number of rotatable bonds is 3. The summed E-state index contributed by atoms with van der Waals surface area (Å²) in [5, 5.41) is 2.84. The molecule has 0 radical (unpaired) electrons. The summed E-state index contributed by atoms with van der Waals surface area (Å²) in [5.74, 6) is 0.0665. The zero-order valence-electron chi connectivity index (χ0n) is 28.0. The summed E-state index contributed by atoms with van der Waals surface area (Å²) in [5.41, 5.74) is -0.239. The van der Waals surface area contributed by atoms with Crippen LogP contribution >= 0.6 is 0 Å². The van der Waals surface area contributed by atoms with Gasteiger partial charge in [-0.2, -0.15) is 0 Å². The normalized spacial score (nSPS) is 34.6. The number of methoxy groups -OCH3 is 1. The molecule has 0 spiro atoms. The summed E-state index contributed by atoms with van der Waals surface area (Å²) in [6, 6.07) is 3.09. The van der Waals surface area contributed by atoms with Crippen LogP contribution in [0.1, 0.15) is 85.0 Å². The highest BCUT2D eigenvalue weighted by molar-refractivity contribution is 5.92. The molecule has 5 unspecified atom stereocenters. The minimum absolute atomic E-state index is 0.0216. The number of hydrogen-bond donors (Lipinski definition) is 1. The molecule has 47 heavy (non-hydrogen) atoms. The van der Waals surface area contributed by atoms with Gasteiger partial charge in [0.2, 0.25) is 11.8 Å². The molecule has 10 nitrogen and oxygen atoms in total. The molecule has 4 aliphatic rings. The highest BCUT2D eigenvalue weighted by atomic mass is 19.2. The summed E-state index contributed by atoms with van der Waals surface area (Å²) < 4.78 is 49.6. The summed E-state index contributed by atoms with van der Waals surface area (Å²) in [6.45, 7) is 8.82. The van der Waals surface area contributed by atoms with Crippen LogP contribution in [0, 0.1) is 29.1 Å². The third-order valence-corrected chi connectivity index (χ3v) is 10.7. The molecule has 2 bridgehead atoms. The maximum atomic E-state index is 16.2. The largest absolute Gasteiger partial charge is 0.497 e. The number of benzene rings is 1. The lowest BCUT2D eigenvalue weighted by molar-refractivity contribution is -0.141. The van der Waals surface area contributed by atoms with E-state index in [1.807, 2.05) is 27.7 Å². The van der Waals surface area contributed by atoms with Gasteiger partial charge in [-0.25, -0.2) is 23.5 Å². The van der Waals surface area contributed by atoms with Gasteiger partial charge in [0.05, 0.1) is 30.7 Å². The number of fused-ring (bicyclic) bond motifs is 7. The molecule has 256 valence electrons. The molecule has 3 fully saturated rings. The Hall–Kier alpha value is -3.57. The second-order valence-corrected chi connectivity index (χ2v) is 14.8. The van der Waals surface area contributed by atoms with Crippen molar-refractivity contribution in [3.63, 3.8) is 0 Å². The Morgan fingerprint density at radius 2 is 1.83 bits per heavy atom. The number of carbonyl (C=O) groups is 3. The van der Waals surface area contributed by atoms with Gasteiger partial charge in [-0.15, -0.1) is 0 Å². The molecule has 12 heteroatoms. The van der Waals surface area contributed by atoms with E-state index in [9.17, 15) is 14.4 Å². The lowest BCUT2D eigenvalue weighted by Crippen LogP contribution is -2.57. The number of alkyl halides is 2. The lowest BCUT2D eigenvalue weighted by Gasteiger charge is -2.36. The molecular formula is C35H46F2N4O6. The second-order valence-electron chi connectivity index (χ2n) is 14.8. The summed E-state index contributed by atoms with van der Waals surface area (Å²) in [4.78, 5) is 51.4. The smallest absolute Gasteiger partial charge is 0.408 e. The molecule has 1 aromatic carbocycles. The Bertz CT molecular complexity index is 1530. The minimum Gasteiger partial charge on any atom is -0.497 e. The molecule has 10 atom stereocenters. The number of amides is 2. The number of aromatic nitrogens is 2. The van der Waals surface area contributed by atoms with Crippen molar-refractivity contribution in [2.24, 2.45) is 29.1 Å². The van der Waals surface area contributed by atoms with E-state index in [2.05, 4.69) is 15.3 Å². The fourth-order valence-electron chi connectivity index (χ4n) is 8.13. The van der Waals surface area contributed by atoms with Gasteiger partial charge in [0, 0.05) is 12.0 Å². The van der Waals surface area contributed by atoms with Crippen molar-refractivity contribution in [1.29, 1.82) is 0 Å². The van der Waals surface area contributed by atoms with Gasteiger partial charge in [0.1, 0.15) is 35.9 Å². The van der Waals surface area contributed by atoms with Crippen LogP contribution < -0.4 is 14.8 Å². The maximum Gasteiger partial charge on any atom is 0.408 e. The molecule has 2 saturated carbocycles. The van der Waals surface area contributed by atoms with Crippen molar-refractivity contribution in [3.8, 4) is 11.6 Å². The van der Waals surface area contributed by atoms with Crippen molar-refractivity contribution in [2.75, 3.05) is 13.7 Å². The molecule has 2 aliphatic heterocycles. The van der Waals surface area contributed by atoms with Gasteiger partial charge >= 0.3 is 6.09 Å². The van der Waals surface area contributed by atoms with Crippen molar-refractivity contribution in [1.82, 2.24) is 20.2 Å². The van der Waals surface area contributed by atoms with Gasteiger partial charge in [-0.1, -0.05) is 34.1 Å². The first-order valence-electron chi connectivity index (χ1n) is 16.9. The van der Waals surface area contributed by atoms with E-state index < -0.39 is 53.9 Å². The SMILES string of the molecule is CCC1[C@@H]2CN(C(=O)[C@H](C(C)(C)C)NC(=O)O[C@@H]3CC4CC4[C@H]3CCCC(F)C(F)c3nc4ccc(OC)cc4nc3O2)[C@@H]1C(C)=O. The number of halogens is 2. The number of nitrogens with one attached hydrogen (secondary N) is 1. The Morgan fingerprint density at radius 3 is 2.51 bits per heavy atom. The summed E-state index contributed by atoms with van der Waals surface area (Å²) >= 11 is 0. The van der Waals surface area contributed by atoms with Crippen molar-refractivity contribution in [3.05, 3.63) is 23.9 Å². The second kappa shape index (κ2) is 12.8. The van der Waals surface area contributed by atoms with Gasteiger partial charge in [0.15, 0.2) is 12.0 Å². The van der Waals surface area contributed by atoms with Crippen LogP contribution in [0.5, 0.6) is 11.6 Å². The van der Waals surface area contributed by atoms with Gasteiger partial charge in [0.25, 0.3) is 0 Å². The number of alkyl carbamates (subject to hydrolysis) is 1. The Morgan fingerprint density at radius 1 is 1.06 bits per heavy atom. The topological polar surface area (TPSA) is 120 Å². The first-order valence-corrected chi connectivity index (χ1v) is 16.9. The van der Waals surface area contributed by atoms with Crippen LogP contribution in [0.2, 0.25) is 0 Å². The van der Waals surface area contributed by atoms with Crippen molar-refractivity contribution < 1.29 is 37.4 Å². The van der Waals surface area contributed by atoms with Crippen LogP contribution in [0.4, 0.5) is 13.6 Å². The van der Waals surface area contributed by atoms with Gasteiger partial charge in [-0.05, 0) is 74.3 Å². The summed E-state index contributed by atoms with van der Waals surface area (Å²) in [6.07, 6.45) is -2.65. The average molecular weight is 657 g/mol. The maximum absolute atomic E-state index is 16.2. The van der Waals surface area contributed by atoms with Crippen LogP contribution in [-0.4, -0.2) is 76.8 Å². The minimum atomic E-state index is -2.12. The van der Waals surface area contributed by atoms with Gasteiger partial charge < -0.3 is 24.4 Å². The van der Waals surface area contributed by atoms with E-state index in [0.29, 0.717) is 47.9 Å². The molecule has 6 rings (SSSR count). The Balaban J connectivity index is 1.42. The number of carbonyl (C=O) groups excluding carboxylic acids is 3. The summed E-state index contributed by atoms with van der Waals surface area (Å²) in [7, 11) is 1.51. The van der Waals surface area contributed by atoms with E-state index in [1.54, 1.807) is 18.2 Å². The predicted molar refractivity (Wildman–Crippen MR) is 169 cm³/mol. The van der Waals surface area contributed by atoms with Crippen LogP contribution in [-0.2, 0) is 14.3 Å². The van der Waals surface area contributed by atoms with Gasteiger partial charge in [-0.3, -0.25) is 9.59 Å². The molecule has 1 saturated heterocycles. The zero-order chi connectivity index (χ0) is 33.8.